The first kappa shape index (κ1) is 20.2. The van der Waals surface area contributed by atoms with Crippen LogP contribution in [0, 0.1) is 0 Å². The van der Waals surface area contributed by atoms with Crippen LogP contribution in [0.2, 0.25) is 0 Å². The van der Waals surface area contributed by atoms with E-state index in [0.717, 1.165) is 5.01 Å². The summed E-state index contributed by atoms with van der Waals surface area (Å²) in [7, 11) is 1.32. The number of halogens is 2. The predicted octanol–water partition coefficient (Wildman–Crippen LogP) is 3.49. The van der Waals surface area contributed by atoms with Gasteiger partial charge in [0.25, 0.3) is 5.91 Å². The van der Waals surface area contributed by atoms with Crippen LogP contribution >= 0.6 is 0 Å². The first-order chi connectivity index (χ1) is 13.9. The average molecular weight is 403 g/mol. The molecule has 152 valence electrons. The van der Waals surface area contributed by atoms with Gasteiger partial charge in [-0.05, 0) is 35.7 Å². The van der Waals surface area contributed by atoms with Crippen molar-refractivity contribution in [3.63, 3.8) is 0 Å². The monoisotopic (exact) mass is 403 g/mol. The second-order valence-electron chi connectivity index (χ2n) is 6.21. The van der Waals surface area contributed by atoms with Gasteiger partial charge in [-0.25, -0.2) is 4.79 Å². The summed E-state index contributed by atoms with van der Waals surface area (Å²) in [5.74, 6) is -0.590. The number of carbonyl (C=O) groups excluding carboxylic acids is 2. The molecule has 1 fully saturated rings. The summed E-state index contributed by atoms with van der Waals surface area (Å²) in [5.41, 5.74) is -0.217. The highest BCUT2D eigenvalue weighted by molar-refractivity contribution is 6.07. The molecule has 0 saturated carbocycles. The van der Waals surface area contributed by atoms with Gasteiger partial charge in [0.05, 0.1) is 13.3 Å². The lowest BCUT2D eigenvalue weighted by molar-refractivity contribution is -0.131. The fraction of sp³-hybridized carbons (Fsp3) is 0.250. The summed E-state index contributed by atoms with van der Waals surface area (Å²) in [4.78, 5) is 25.4. The number of hydrazone groups is 1. The summed E-state index contributed by atoms with van der Waals surface area (Å²) in [6.45, 7) is -1.24. The van der Waals surface area contributed by atoms with Gasteiger partial charge in [0.2, 0.25) is 0 Å². The second kappa shape index (κ2) is 8.26. The number of ether oxygens (including phenoxy) is 2. The number of benzene rings is 2. The summed E-state index contributed by atoms with van der Waals surface area (Å²) in [6.07, 6.45) is 1.55. The Bertz CT molecular complexity index is 937. The average Bonchev–Trinajstić information content (AvgIpc) is 2.97. The molecule has 0 radical (unpaired) electrons. The van der Waals surface area contributed by atoms with E-state index in [4.69, 9.17) is 4.74 Å². The molecule has 1 aliphatic heterocycles. The maximum Gasteiger partial charge on any atom is 0.387 e. The van der Waals surface area contributed by atoms with Gasteiger partial charge in [0.15, 0.2) is 11.5 Å². The topological polar surface area (TPSA) is 80.2 Å². The number of nitrogens with one attached hydrogen (secondary N) is 1. The molecule has 2 aromatic carbocycles. The molecule has 7 nitrogen and oxygen atoms in total. The smallest absolute Gasteiger partial charge is 0.387 e. The van der Waals surface area contributed by atoms with Crippen LogP contribution in [0.5, 0.6) is 11.5 Å². The Morgan fingerprint density at radius 1 is 1.17 bits per heavy atom. The largest absolute Gasteiger partial charge is 0.493 e. The van der Waals surface area contributed by atoms with Crippen LogP contribution in [0.1, 0.15) is 24.5 Å². The van der Waals surface area contributed by atoms with Gasteiger partial charge in [-0.3, -0.25) is 4.79 Å². The van der Waals surface area contributed by atoms with Crippen molar-refractivity contribution in [2.45, 2.75) is 25.5 Å². The SMILES string of the molecule is CC[C@@]1(c2ccccc2)NC(=O)N(/N=C\c2ccc(OC)c(OC(F)F)c2)C1=O. The summed E-state index contributed by atoms with van der Waals surface area (Å²) >= 11 is 0. The molecule has 3 amide bonds. The zero-order chi connectivity index (χ0) is 21.0. The number of alkyl halides is 2. The molecular formula is C20H19F2N3O4. The zero-order valence-electron chi connectivity index (χ0n) is 15.8. The van der Waals surface area contributed by atoms with E-state index >= 15 is 0 Å². The van der Waals surface area contributed by atoms with Crippen LogP contribution in [0.4, 0.5) is 13.6 Å². The van der Waals surface area contributed by atoms with Crippen molar-refractivity contribution in [2.75, 3.05) is 7.11 Å². The minimum Gasteiger partial charge on any atom is -0.493 e. The molecule has 1 saturated heterocycles. The van der Waals surface area contributed by atoms with E-state index in [-0.39, 0.29) is 11.5 Å². The third-order valence-corrected chi connectivity index (χ3v) is 4.59. The lowest BCUT2D eigenvalue weighted by atomic mass is 9.87. The molecule has 1 heterocycles. The predicted molar refractivity (Wildman–Crippen MR) is 101 cm³/mol. The third-order valence-electron chi connectivity index (χ3n) is 4.59. The van der Waals surface area contributed by atoms with Crippen molar-refractivity contribution < 1.29 is 27.8 Å². The van der Waals surface area contributed by atoms with Crippen molar-refractivity contribution in [3.8, 4) is 11.5 Å². The van der Waals surface area contributed by atoms with Gasteiger partial charge in [-0.2, -0.15) is 13.9 Å². The van der Waals surface area contributed by atoms with Crippen LogP contribution in [0.3, 0.4) is 0 Å². The lowest BCUT2D eigenvalue weighted by Crippen LogP contribution is -2.43. The molecule has 29 heavy (non-hydrogen) atoms. The number of nitrogens with zero attached hydrogens (tertiary/aromatic N) is 2. The molecule has 2 aromatic rings. The molecule has 0 bridgehead atoms. The number of methoxy groups -OCH3 is 1. The number of hydrogen-bond donors (Lipinski definition) is 1. The van der Waals surface area contributed by atoms with E-state index in [1.165, 1.54) is 31.5 Å². The lowest BCUT2D eigenvalue weighted by Gasteiger charge is -2.24. The minimum atomic E-state index is -3.03. The normalized spacial score (nSPS) is 19.1. The van der Waals surface area contributed by atoms with Gasteiger partial charge in [0.1, 0.15) is 5.54 Å². The first-order valence-electron chi connectivity index (χ1n) is 8.80. The van der Waals surface area contributed by atoms with Gasteiger partial charge < -0.3 is 14.8 Å². The fourth-order valence-corrected chi connectivity index (χ4v) is 3.11. The maximum absolute atomic E-state index is 13.0. The Morgan fingerprint density at radius 2 is 1.90 bits per heavy atom. The fourth-order valence-electron chi connectivity index (χ4n) is 3.11. The van der Waals surface area contributed by atoms with E-state index in [1.807, 2.05) is 6.07 Å². The second-order valence-corrected chi connectivity index (χ2v) is 6.21. The molecule has 3 rings (SSSR count). The molecule has 1 atom stereocenters. The van der Waals surface area contributed by atoms with Crippen LogP contribution in [-0.4, -0.2) is 36.9 Å². The Hall–Kier alpha value is -3.49. The standard InChI is InChI=1S/C20H19F2N3O4/c1-3-20(14-7-5-4-6-8-14)17(26)25(19(27)24-20)23-12-13-9-10-15(28-2)16(11-13)29-18(21)22/h4-12,18H,3H2,1-2H3,(H,24,27)/b23-12-/t20-/m0/s1. The highest BCUT2D eigenvalue weighted by atomic mass is 19.3. The van der Waals surface area contributed by atoms with Gasteiger partial charge in [-0.15, -0.1) is 5.01 Å². The maximum atomic E-state index is 13.0. The molecule has 0 aromatic heterocycles. The van der Waals surface area contributed by atoms with Gasteiger partial charge >= 0.3 is 12.6 Å². The molecule has 9 heteroatoms. The number of urea groups is 1. The molecular weight excluding hydrogens is 384 g/mol. The van der Waals surface area contributed by atoms with E-state index in [1.54, 1.807) is 31.2 Å². The first-order valence-corrected chi connectivity index (χ1v) is 8.80. The molecule has 0 unspecified atom stereocenters. The highest BCUT2D eigenvalue weighted by Crippen LogP contribution is 2.33. The van der Waals surface area contributed by atoms with E-state index in [0.29, 0.717) is 17.5 Å². The Balaban J connectivity index is 1.88. The molecule has 1 N–H and O–H groups in total. The number of imide groups is 1. The Kier molecular flexibility index (Phi) is 5.76. The quantitative estimate of drug-likeness (QED) is 0.567. The Morgan fingerprint density at radius 3 is 2.52 bits per heavy atom. The van der Waals surface area contributed by atoms with Crippen LogP contribution in [-0.2, 0) is 10.3 Å². The van der Waals surface area contributed by atoms with Gasteiger partial charge in [-0.1, -0.05) is 37.3 Å². The highest BCUT2D eigenvalue weighted by Gasteiger charge is 2.51. The molecule has 1 aliphatic rings. The number of hydrogen-bond acceptors (Lipinski definition) is 5. The Labute approximate surface area is 165 Å². The van der Waals surface area contributed by atoms with Crippen molar-refractivity contribution in [1.29, 1.82) is 0 Å². The third kappa shape index (κ3) is 3.89. The number of carbonyl (C=O) groups is 2. The van der Waals surface area contributed by atoms with Crippen molar-refractivity contribution >= 4 is 18.2 Å². The summed E-state index contributed by atoms with van der Waals surface area (Å²) in [6, 6.07) is 12.4. The van der Waals surface area contributed by atoms with E-state index in [9.17, 15) is 18.4 Å². The summed E-state index contributed by atoms with van der Waals surface area (Å²) in [5, 5.41) is 7.40. The van der Waals surface area contributed by atoms with Crippen LogP contribution in [0.25, 0.3) is 0 Å². The number of rotatable bonds is 7. The zero-order valence-corrected chi connectivity index (χ0v) is 15.8. The molecule has 0 aliphatic carbocycles. The van der Waals surface area contributed by atoms with Crippen LogP contribution in [0.15, 0.2) is 53.6 Å². The summed E-state index contributed by atoms with van der Waals surface area (Å²) < 4.78 is 34.5. The van der Waals surface area contributed by atoms with E-state index in [2.05, 4.69) is 15.2 Å². The molecule has 0 spiro atoms. The van der Waals surface area contributed by atoms with E-state index < -0.39 is 24.1 Å². The van der Waals surface area contributed by atoms with Crippen molar-refractivity contribution in [3.05, 3.63) is 59.7 Å². The minimum absolute atomic E-state index is 0.117. The van der Waals surface area contributed by atoms with Crippen LogP contribution < -0.4 is 14.8 Å². The van der Waals surface area contributed by atoms with Gasteiger partial charge in [0, 0.05) is 0 Å². The number of amides is 3. The van der Waals surface area contributed by atoms with Crippen molar-refractivity contribution in [2.24, 2.45) is 5.10 Å². The van der Waals surface area contributed by atoms with Crippen molar-refractivity contribution in [1.82, 2.24) is 10.3 Å².